The minimum Gasteiger partial charge on any atom is -0.481 e. The predicted molar refractivity (Wildman–Crippen MR) is 69.3 cm³/mol. The van der Waals surface area contributed by atoms with Crippen molar-refractivity contribution in [3.05, 3.63) is 29.8 Å². The first-order valence-electron chi connectivity index (χ1n) is 5.84. The van der Waals surface area contributed by atoms with Crippen molar-refractivity contribution >= 4 is 11.7 Å². The Balaban J connectivity index is 3.16. The first-order chi connectivity index (χ1) is 9.27. The molecule has 20 heavy (non-hydrogen) atoms. The molecule has 0 aliphatic carbocycles. The summed E-state index contributed by atoms with van der Waals surface area (Å²) < 4.78 is 38.9. The second-order valence-corrected chi connectivity index (χ2v) is 4.34. The van der Waals surface area contributed by atoms with Crippen LogP contribution in [0.3, 0.4) is 0 Å². The number of hydrogen-bond donors (Lipinski definition) is 1. The number of carboxylic acid groups (broad SMARTS) is 1. The van der Waals surface area contributed by atoms with Crippen molar-refractivity contribution in [2.75, 3.05) is 18.0 Å². The lowest BCUT2D eigenvalue weighted by molar-refractivity contribution is -0.140. The summed E-state index contributed by atoms with van der Waals surface area (Å²) in [6, 6.07) is 4.97. The SMILES string of the molecule is C#CCN(CC(C)C(=O)O)c1ccccc1C(F)(F)F. The molecule has 0 saturated heterocycles. The number of carbonyl (C=O) groups is 1. The third kappa shape index (κ3) is 3.92. The van der Waals surface area contributed by atoms with Crippen LogP contribution in [0, 0.1) is 18.3 Å². The molecule has 0 radical (unpaired) electrons. The summed E-state index contributed by atoms with van der Waals surface area (Å²) in [6.45, 7) is 1.24. The van der Waals surface area contributed by atoms with E-state index in [9.17, 15) is 18.0 Å². The summed E-state index contributed by atoms with van der Waals surface area (Å²) in [5.74, 6) is 0.339. The van der Waals surface area contributed by atoms with Crippen LogP contribution in [-0.2, 0) is 11.0 Å². The van der Waals surface area contributed by atoms with Gasteiger partial charge in [0.1, 0.15) is 0 Å². The monoisotopic (exact) mass is 285 g/mol. The van der Waals surface area contributed by atoms with Crippen molar-refractivity contribution in [1.82, 2.24) is 0 Å². The minimum atomic E-state index is -4.52. The van der Waals surface area contributed by atoms with Gasteiger partial charge in [0.25, 0.3) is 0 Å². The molecule has 1 aromatic carbocycles. The van der Waals surface area contributed by atoms with Crippen molar-refractivity contribution in [3.63, 3.8) is 0 Å². The highest BCUT2D eigenvalue weighted by Crippen LogP contribution is 2.36. The van der Waals surface area contributed by atoms with E-state index in [0.29, 0.717) is 0 Å². The highest BCUT2D eigenvalue weighted by molar-refractivity contribution is 5.71. The molecule has 1 rings (SSSR count). The summed E-state index contributed by atoms with van der Waals surface area (Å²) in [5.41, 5.74) is -0.932. The molecule has 1 aromatic rings. The van der Waals surface area contributed by atoms with Crippen LogP contribution < -0.4 is 4.90 Å². The Hall–Kier alpha value is -2.16. The summed E-state index contributed by atoms with van der Waals surface area (Å²) in [5, 5.41) is 8.87. The molecular formula is C14H14F3NO2. The van der Waals surface area contributed by atoms with E-state index in [0.717, 1.165) is 6.07 Å². The van der Waals surface area contributed by atoms with Crippen molar-refractivity contribution in [2.24, 2.45) is 5.92 Å². The zero-order valence-electron chi connectivity index (χ0n) is 10.8. The molecule has 3 nitrogen and oxygen atoms in total. The van der Waals surface area contributed by atoms with Gasteiger partial charge in [-0.05, 0) is 12.1 Å². The Morgan fingerprint density at radius 3 is 2.55 bits per heavy atom. The van der Waals surface area contributed by atoms with Crippen LogP contribution >= 0.6 is 0 Å². The molecule has 0 bridgehead atoms. The van der Waals surface area contributed by atoms with E-state index in [1.165, 1.54) is 30.0 Å². The smallest absolute Gasteiger partial charge is 0.418 e. The molecule has 0 amide bonds. The first kappa shape index (κ1) is 15.9. The molecular weight excluding hydrogens is 271 g/mol. The summed E-state index contributed by atoms with van der Waals surface area (Å²) in [7, 11) is 0. The largest absolute Gasteiger partial charge is 0.481 e. The Labute approximate surface area is 115 Å². The Kier molecular flexibility index (Phi) is 5.03. The Bertz CT molecular complexity index is 520. The van der Waals surface area contributed by atoms with E-state index >= 15 is 0 Å². The quantitative estimate of drug-likeness (QED) is 0.846. The topological polar surface area (TPSA) is 40.5 Å². The number of aliphatic carboxylic acids is 1. The summed E-state index contributed by atoms with van der Waals surface area (Å²) >= 11 is 0. The normalized spacial score (nSPS) is 12.6. The molecule has 108 valence electrons. The molecule has 0 aromatic heterocycles. The van der Waals surface area contributed by atoms with Gasteiger partial charge in [0, 0.05) is 12.2 Å². The van der Waals surface area contributed by atoms with Gasteiger partial charge in [-0.25, -0.2) is 0 Å². The van der Waals surface area contributed by atoms with Crippen LogP contribution in [0.25, 0.3) is 0 Å². The Morgan fingerprint density at radius 2 is 2.05 bits per heavy atom. The standard InChI is InChI=1S/C14H14F3NO2/c1-3-8-18(9-10(2)13(19)20)12-7-5-4-6-11(12)14(15,16)17/h1,4-7,10H,8-9H2,2H3,(H,19,20). The van der Waals surface area contributed by atoms with Gasteiger partial charge in [0.15, 0.2) is 0 Å². The number of rotatable bonds is 5. The summed E-state index contributed by atoms with van der Waals surface area (Å²) in [6.07, 6.45) is 0.639. The number of anilines is 1. The maximum absolute atomic E-state index is 13.0. The second kappa shape index (κ2) is 6.33. The number of benzene rings is 1. The third-order valence-electron chi connectivity index (χ3n) is 2.75. The van der Waals surface area contributed by atoms with Crippen molar-refractivity contribution in [2.45, 2.75) is 13.1 Å². The predicted octanol–water partition coefficient (Wildman–Crippen LogP) is 2.87. The minimum absolute atomic E-state index is 0.0906. The van der Waals surface area contributed by atoms with Gasteiger partial charge in [0.2, 0.25) is 0 Å². The molecule has 0 spiro atoms. The van der Waals surface area contributed by atoms with Crippen LogP contribution in [0.5, 0.6) is 0 Å². The number of nitrogens with zero attached hydrogens (tertiary/aromatic N) is 1. The maximum Gasteiger partial charge on any atom is 0.418 e. The fourth-order valence-corrected chi connectivity index (χ4v) is 1.76. The van der Waals surface area contributed by atoms with E-state index in [1.54, 1.807) is 0 Å². The molecule has 0 saturated carbocycles. The van der Waals surface area contributed by atoms with Crippen LogP contribution in [0.1, 0.15) is 12.5 Å². The van der Waals surface area contributed by atoms with Gasteiger partial charge < -0.3 is 10.0 Å². The van der Waals surface area contributed by atoms with E-state index in [-0.39, 0.29) is 18.8 Å². The van der Waals surface area contributed by atoms with Gasteiger partial charge in [-0.3, -0.25) is 4.79 Å². The molecule has 0 aliphatic rings. The highest BCUT2D eigenvalue weighted by atomic mass is 19.4. The lowest BCUT2D eigenvalue weighted by Gasteiger charge is -2.27. The van der Waals surface area contributed by atoms with Gasteiger partial charge in [0.05, 0.1) is 18.0 Å². The lowest BCUT2D eigenvalue weighted by Crippen LogP contribution is -2.33. The average molecular weight is 285 g/mol. The van der Waals surface area contributed by atoms with E-state index in [2.05, 4.69) is 5.92 Å². The molecule has 6 heteroatoms. The second-order valence-electron chi connectivity index (χ2n) is 4.34. The lowest BCUT2D eigenvalue weighted by atomic mass is 10.1. The van der Waals surface area contributed by atoms with Gasteiger partial charge in [-0.1, -0.05) is 25.0 Å². The van der Waals surface area contributed by atoms with Crippen molar-refractivity contribution in [3.8, 4) is 12.3 Å². The van der Waals surface area contributed by atoms with Crippen LogP contribution in [-0.4, -0.2) is 24.2 Å². The van der Waals surface area contributed by atoms with Crippen molar-refractivity contribution < 1.29 is 23.1 Å². The van der Waals surface area contributed by atoms with E-state index in [4.69, 9.17) is 11.5 Å². The third-order valence-corrected chi connectivity index (χ3v) is 2.75. The molecule has 1 atom stereocenters. The number of hydrogen-bond acceptors (Lipinski definition) is 2. The van der Waals surface area contributed by atoms with E-state index in [1.807, 2.05) is 0 Å². The number of carboxylic acids is 1. The highest BCUT2D eigenvalue weighted by Gasteiger charge is 2.34. The Morgan fingerprint density at radius 1 is 1.45 bits per heavy atom. The molecule has 1 unspecified atom stereocenters. The molecule has 0 aliphatic heterocycles. The number of halogens is 3. The fraction of sp³-hybridized carbons (Fsp3) is 0.357. The van der Waals surface area contributed by atoms with Crippen LogP contribution in [0.15, 0.2) is 24.3 Å². The van der Waals surface area contributed by atoms with Gasteiger partial charge >= 0.3 is 12.1 Å². The van der Waals surface area contributed by atoms with E-state index < -0.39 is 23.6 Å². The van der Waals surface area contributed by atoms with Gasteiger partial charge in [-0.15, -0.1) is 6.42 Å². The zero-order chi connectivity index (χ0) is 15.3. The summed E-state index contributed by atoms with van der Waals surface area (Å²) in [4.78, 5) is 12.1. The number of alkyl halides is 3. The van der Waals surface area contributed by atoms with Gasteiger partial charge in [-0.2, -0.15) is 13.2 Å². The van der Waals surface area contributed by atoms with Crippen LogP contribution in [0.4, 0.5) is 18.9 Å². The molecule has 1 N–H and O–H groups in total. The van der Waals surface area contributed by atoms with Crippen molar-refractivity contribution in [1.29, 1.82) is 0 Å². The average Bonchev–Trinajstić information content (AvgIpc) is 2.37. The molecule has 0 heterocycles. The number of para-hydroxylation sites is 1. The zero-order valence-corrected chi connectivity index (χ0v) is 10.8. The fourth-order valence-electron chi connectivity index (χ4n) is 1.76. The van der Waals surface area contributed by atoms with Crippen LogP contribution in [0.2, 0.25) is 0 Å². The maximum atomic E-state index is 13.0. The molecule has 0 fully saturated rings. The number of terminal acetylenes is 1. The first-order valence-corrected chi connectivity index (χ1v) is 5.84.